The van der Waals surface area contributed by atoms with E-state index in [2.05, 4.69) is 10.6 Å². The number of hydrogen-bond acceptors (Lipinski definition) is 4. The van der Waals surface area contributed by atoms with Gasteiger partial charge in [0.1, 0.15) is 5.60 Å². The number of alkyl carbamates (subject to hydrolysis) is 1. The lowest BCUT2D eigenvalue weighted by molar-refractivity contribution is -0.137. The van der Waals surface area contributed by atoms with Crippen molar-refractivity contribution >= 4 is 12.1 Å². The standard InChI is InChI=1S/C15H28N2O4/c1-11(6-7-12(18)19)16-10-15(8-5-9-15)17-13(20)21-14(2,3)4/h11,16H,5-10H2,1-4H3,(H,17,20)(H,18,19). The van der Waals surface area contributed by atoms with Gasteiger partial charge in [-0.3, -0.25) is 4.79 Å². The Labute approximate surface area is 126 Å². The molecule has 1 rings (SSSR count). The second kappa shape index (κ2) is 7.11. The Hall–Kier alpha value is -1.30. The highest BCUT2D eigenvalue weighted by molar-refractivity contribution is 5.69. The van der Waals surface area contributed by atoms with Gasteiger partial charge in [0.2, 0.25) is 0 Å². The predicted molar refractivity (Wildman–Crippen MR) is 80.3 cm³/mol. The Morgan fingerprint density at radius 1 is 1.33 bits per heavy atom. The van der Waals surface area contributed by atoms with Crippen LogP contribution in [0.1, 0.15) is 59.8 Å². The van der Waals surface area contributed by atoms with Crippen molar-refractivity contribution in [3.8, 4) is 0 Å². The van der Waals surface area contributed by atoms with Crippen LogP contribution in [0.5, 0.6) is 0 Å². The summed E-state index contributed by atoms with van der Waals surface area (Å²) in [7, 11) is 0. The van der Waals surface area contributed by atoms with Crippen molar-refractivity contribution in [3.05, 3.63) is 0 Å². The molecule has 1 atom stereocenters. The van der Waals surface area contributed by atoms with E-state index < -0.39 is 11.6 Å². The van der Waals surface area contributed by atoms with Gasteiger partial charge in [-0.1, -0.05) is 0 Å². The van der Waals surface area contributed by atoms with Gasteiger partial charge in [0, 0.05) is 19.0 Å². The number of nitrogens with one attached hydrogen (secondary N) is 2. The third kappa shape index (κ3) is 6.80. The van der Waals surface area contributed by atoms with Crippen molar-refractivity contribution < 1.29 is 19.4 Å². The maximum atomic E-state index is 11.9. The average molecular weight is 300 g/mol. The van der Waals surface area contributed by atoms with Crippen molar-refractivity contribution in [2.45, 2.75) is 77.0 Å². The van der Waals surface area contributed by atoms with E-state index in [1.807, 2.05) is 27.7 Å². The van der Waals surface area contributed by atoms with E-state index >= 15 is 0 Å². The van der Waals surface area contributed by atoms with Crippen LogP contribution in [0.2, 0.25) is 0 Å². The summed E-state index contributed by atoms with van der Waals surface area (Å²) in [6.07, 6.45) is 3.28. The summed E-state index contributed by atoms with van der Waals surface area (Å²) in [4.78, 5) is 22.4. The molecule has 1 fully saturated rings. The summed E-state index contributed by atoms with van der Waals surface area (Å²) in [5, 5.41) is 15.0. The third-order valence-corrected chi connectivity index (χ3v) is 3.66. The molecule has 1 aliphatic carbocycles. The fourth-order valence-corrected chi connectivity index (χ4v) is 2.28. The van der Waals surface area contributed by atoms with Gasteiger partial charge in [0.15, 0.2) is 0 Å². The van der Waals surface area contributed by atoms with Crippen LogP contribution in [0.15, 0.2) is 0 Å². The van der Waals surface area contributed by atoms with Crippen LogP contribution in [0.25, 0.3) is 0 Å². The molecule has 0 aromatic carbocycles. The van der Waals surface area contributed by atoms with E-state index in [-0.39, 0.29) is 24.1 Å². The van der Waals surface area contributed by atoms with Gasteiger partial charge in [-0.05, 0) is 53.4 Å². The second-order valence-corrected chi connectivity index (χ2v) is 6.98. The van der Waals surface area contributed by atoms with E-state index in [0.29, 0.717) is 13.0 Å². The Morgan fingerprint density at radius 3 is 2.38 bits per heavy atom. The number of aliphatic carboxylic acids is 1. The number of carbonyl (C=O) groups excluding carboxylic acids is 1. The van der Waals surface area contributed by atoms with Crippen molar-refractivity contribution in [3.63, 3.8) is 0 Å². The predicted octanol–water partition coefficient (Wildman–Crippen LogP) is 2.28. The normalized spacial score (nSPS) is 18.5. The zero-order chi connectivity index (χ0) is 16.1. The lowest BCUT2D eigenvalue weighted by atomic mass is 9.76. The zero-order valence-corrected chi connectivity index (χ0v) is 13.5. The largest absolute Gasteiger partial charge is 0.481 e. The molecule has 1 aliphatic rings. The van der Waals surface area contributed by atoms with Gasteiger partial charge in [0.05, 0.1) is 5.54 Å². The minimum absolute atomic E-state index is 0.110. The molecule has 3 N–H and O–H groups in total. The van der Waals surface area contributed by atoms with E-state index in [1.165, 1.54) is 0 Å². The third-order valence-electron chi connectivity index (χ3n) is 3.66. The summed E-state index contributed by atoms with van der Waals surface area (Å²) in [5.74, 6) is -0.783. The first-order valence-corrected chi connectivity index (χ1v) is 7.58. The highest BCUT2D eigenvalue weighted by atomic mass is 16.6. The van der Waals surface area contributed by atoms with Crippen LogP contribution >= 0.6 is 0 Å². The summed E-state index contributed by atoms with van der Waals surface area (Å²) >= 11 is 0. The topological polar surface area (TPSA) is 87.7 Å². The monoisotopic (exact) mass is 300 g/mol. The number of hydrogen-bond donors (Lipinski definition) is 3. The lowest BCUT2D eigenvalue weighted by Gasteiger charge is -2.43. The molecule has 0 aromatic rings. The highest BCUT2D eigenvalue weighted by Crippen LogP contribution is 2.31. The number of carboxylic acid groups (broad SMARTS) is 1. The molecule has 0 heterocycles. The first-order chi connectivity index (χ1) is 9.62. The van der Waals surface area contributed by atoms with Gasteiger partial charge in [-0.15, -0.1) is 0 Å². The highest BCUT2D eigenvalue weighted by Gasteiger charge is 2.39. The Bertz CT molecular complexity index is 372. The van der Waals surface area contributed by atoms with Crippen LogP contribution in [0.4, 0.5) is 4.79 Å². The van der Waals surface area contributed by atoms with Crippen molar-refractivity contribution in [2.75, 3.05) is 6.54 Å². The summed E-state index contributed by atoms with van der Waals surface area (Å²) in [6, 6.07) is 0.110. The molecule has 0 aromatic heterocycles. The zero-order valence-electron chi connectivity index (χ0n) is 13.5. The number of ether oxygens (including phenoxy) is 1. The van der Waals surface area contributed by atoms with Gasteiger partial charge in [-0.25, -0.2) is 4.79 Å². The quantitative estimate of drug-likeness (QED) is 0.671. The maximum Gasteiger partial charge on any atom is 0.408 e. The summed E-state index contributed by atoms with van der Waals surface area (Å²) < 4.78 is 5.30. The van der Waals surface area contributed by atoms with Crippen LogP contribution in [-0.2, 0) is 9.53 Å². The van der Waals surface area contributed by atoms with E-state index in [4.69, 9.17) is 9.84 Å². The molecule has 1 amide bonds. The maximum absolute atomic E-state index is 11.9. The smallest absolute Gasteiger partial charge is 0.408 e. The number of carbonyl (C=O) groups is 2. The minimum atomic E-state index is -0.783. The molecule has 0 aliphatic heterocycles. The van der Waals surface area contributed by atoms with Crippen LogP contribution in [0, 0.1) is 0 Å². The molecule has 0 saturated heterocycles. The van der Waals surface area contributed by atoms with Crippen molar-refractivity contribution in [1.82, 2.24) is 10.6 Å². The van der Waals surface area contributed by atoms with Gasteiger partial charge in [0.25, 0.3) is 0 Å². The molecule has 6 nitrogen and oxygen atoms in total. The Balaban J connectivity index is 2.39. The summed E-state index contributed by atoms with van der Waals surface area (Å²) in [5.41, 5.74) is -0.753. The Morgan fingerprint density at radius 2 is 1.95 bits per heavy atom. The molecule has 0 bridgehead atoms. The Kier molecular flexibility index (Phi) is 6.01. The first-order valence-electron chi connectivity index (χ1n) is 7.58. The second-order valence-electron chi connectivity index (χ2n) is 6.98. The average Bonchev–Trinajstić information content (AvgIpc) is 2.27. The molecule has 6 heteroatoms. The van der Waals surface area contributed by atoms with E-state index in [0.717, 1.165) is 19.3 Å². The molecule has 0 radical (unpaired) electrons. The van der Waals surface area contributed by atoms with Gasteiger partial charge in [-0.2, -0.15) is 0 Å². The molecule has 122 valence electrons. The minimum Gasteiger partial charge on any atom is -0.481 e. The molecule has 0 spiro atoms. The lowest BCUT2D eigenvalue weighted by Crippen LogP contribution is -2.60. The fourth-order valence-electron chi connectivity index (χ4n) is 2.28. The molecule has 1 saturated carbocycles. The number of carboxylic acids is 1. The molecular weight excluding hydrogens is 272 g/mol. The van der Waals surface area contributed by atoms with Crippen molar-refractivity contribution in [1.29, 1.82) is 0 Å². The molecule has 21 heavy (non-hydrogen) atoms. The van der Waals surface area contributed by atoms with Gasteiger partial charge < -0.3 is 20.5 Å². The van der Waals surface area contributed by atoms with Gasteiger partial charge >= 0.3 is 12.1 Å². The van der Waals surface area contributed by atoms with Crippen LogP contribution in [0.3, 0.4) is 0 Å². The van der Waals surface area contributed by atoms with Crippen molar-refractivity contribution in [2.24, 2.45) is 0 Å². The van der Waals surface area contributed by atoms with Crippen LogP contribution < -0.4 is 10.6 Å². The van der Waals surface area contributed by atoms with E-state index in [9.17, 15) is 9.59 Å². The molecule has 1 unspecified atom stereocenters. The molecular formula is C15H28N2O4. The number of rotatable bonds is 7. The van der Waals surface area contributed by atoms with Crippen LogP contribution in [-0.4, -0.2) is 40.9 Å². The summed E-state index contributed by atoms with van der Waals surface area (Å²) in [6.45, 7) is 8.13. The van der Waals surface area contributed by atoms with E-state index in [1.54, 1.807) is 0 Å². The number of amides is 1. The fraction of sp³-hybridized carbons (Fsp3) is 0.867. The SMILES string of the molecule is CC(CCC(=O)O)NCC1(NC(=O)OC(C)(C)C)CCC1. The first kappa shape index (κ1) is 17.8.